The minimum Gasteiger partial charge on any atom is -0.484 e. The van der Waals surface area contributed by atoms with Crippen molar-refractivity contribution >= 4 is 50.5 Å². The SMILES string of the molecule is Cc1cccc(NC(=O)COc2ccc(S(=O)(=O)Nc3cc(Cl)cc(Cl)c3)cc2)c1. The summed E-state index contributed by atoms with van der Waals surface area (Å²) in [5.74, 6) is 0.0379. The third-order valence-corrected chi connectivity index (χ3v) is 5.75. The molecule has 0 bridgehead atoms. The number of nitrogens with one attached hydrogen (secondary N) is 2. The minimum atomic E-state index is -3.84. The highest BCUT2D eigenvalue weighted by Crippen LogP contribution is 2.25. The maximum absolute atomic E-state index is 12.5. The van der Waals surface area contributed by atoms with Gasteiger partial charge in [0.05, 0.1) is 10.6 Å². The van der Waals surface area contributed by atoms with Gasteiger partial charge in [-0.05, 0) is 67.1 Å². The predicted octanol–water partition coefficient (Wildman–Crippen LogP) is 5.12. The van der Waals surface area contributed by atoms with E-state index in [1.54, 1.807) is 6.07 Å². The zero-order chi connectivity index (χ0) is 21.7. The fourth-order valence-corrected chi connectivity index (χ4v) is 4.18. The van der Waals surface area contributed by atoms with Gasteiger partial charge in [-0.3, -0.25) is 9.52 Å². The van der Waals surface area contributed by atoms with Crippen molar-refractivity contribution in [3.63, 3.8) is 0 Å². The monoisotopic (exact) mass is 464 g/mol. The molecule has 3 aromatic carbocycles. The first-order chi connectivity index (χ1) is 14.2. The third-order valence-electron chi connectivity index (χ3n) is 3.92. The fourth-order valence-electron chi connectivity index (χ4n) is 2.61. The van der Waals surface area contributed by atoms with Crippen LogP contribution < -0.4 is 14.8 Å². The van der Waals surface area contributed by atoms with Gasteiger partial charge in [0, 0.05) is 15.7 Å². The van der Waals surface area contributed by atoms with Crippen LogP contribution in [-0.4, -0.2) is 20.9 Å². The van der Waals surface area contributed by atoms with Gasteiger partial charge in [-0.15, -0.1) is 0 Å². The van der Waals surface area contributed by atoms with E-state index in [1.807, 2.05) is 25.1 Å². The first-order valence-corrected chi connectivity index (χ1v) is 11.0. The summed E-state index contributed by atoms with van der Waals surface area (Å²) in [5, 5.41) is 3.36. The molecule has 3 rings (SSSR count). The van der Waals surface area contributed by atoms with E-state index in [2.05, 4.69) is 10.0 Å². The number of sulfonamides is 1. The molecule has 30 heavy (non-hydrogen) atoms. The second-order valence-corrected chi connectivity index (χ2v) is 9.00. The van der Waals surface area contributed by atoms with E-state index in [4.69, 9.17) is 27.9 Å². The van der Waals surface area contributed by atoms with Crippen molar-refractivity contribution in [1.29, 1.82) is 0 Å². The van der Waals surface area contributed by atoms with E-state index >= 15 is 0 Å². The number of anilines is 2. The molecule has 9 heteroatoms. The van der Waals surface area contributed by atoms with Crippen molar-refractivity contribution in [2.24, 2.45) is 0 Å². The van der Waals surface area contributed by atoms with Gasteiger partial charge in [0.1, 0.15) is 5.75 Å². The molecule has 3 aromatic rings. The molecule has 0 aliphatic carbocycles. The van der Waals surface area contributed by atoms with Crippen LogP contribution in [0, 0.1) is 6.92 Å². The number of carbonyl (C=O) groups excluding carboxylic acids is 1. The number of carbonyl (C=O) groups is 1. The first kappa shape index (κ1) is 22.0. The number of benzene rings is 3. The summed E-state index contributed by atoms with van der Waals surface area (Å²) in [7, 11) is -3.84. The van der Waals surface area contributed by atoms with E-state index in [0.717, 1.165) is 5.56 Å². The molecular formula is C21H18Cl2N2O4S. The summed E-state index contributed by atoms with van der Waals surface area (Å²) in [6.45, 7) is 1.72. The molecule has 156 valence electrons. The Hall–Kier alpha value is -2.74. The fraction of sp³-hybridized carbons (Fsp3) is 0.0952. The summed E-state index contributed by atoms with van der Waals surface area (Å²) in [4.78, 5) is 12.0. The summed E-state index contributed by atoms with van der Waals surface area (Å²) in [6, 6.07) is 17.5. The lowest BCUT2D eigenvalue weighted by Gasteiger charge is -2.11. The molecule has 0 atom stereocenters. The normalized spacial score (nSPS) is 11.0. The number of ether oxygens (including phenoxy) is 1. The molecule has 0 saturated heterocycles. The van der Waals surface area contributed by atoms with Crippen molar-refractivity contribution in [2.75, 3.05) is 16.6 Å². The van der Waals surface area contributed by atoms with Crippen molar-refractivity contribution in [3.8, 4) is 5.75 Å². The molecule has 0 fully saturated rings. The molecule has 0 heterocycles. The summed E-state index contributed by atoms with van der Waals surface area (Å²) < 4.78 is 32.9. The Kier molecular flexibility index (Phi) is 6.87. The second kappa shape index (κ2) is 9.38. The zero-order valence-corrected chi connectivity index (χ0v) is 18.2. The van der Waals surface area contributed by atoms with Crippen LogP contribution in [0.5, 0.6) is 5.75 Å². The second-order valence-electron chi connectivity index (χ2n) is 6.44. The van der Waals surface area contributed by atoms with E-state index in [1.165, 1.54) is 42.5 Å². The molecule has 0 aliphatic heterocycles. The predicted molar refractivity (Wildman–Crippen MR) is 119 cm³/mol. The third kappa shape index (κ3) is 6.13. The number of aryl methyl sites for hydroxylation is 1. The molecule has 0 spiro atoms. The Morgan fingerprint density at radius 3 is 2.23 bits per heavy atom. The minimum absolute atomic E-state index is 0.0233. The average Bonchev–Trinajstić information content (AvgIpc) is 2.65. The molecule has 2 N–H and O–H groups in total. The van der Waals surface area contributed by atoms with Gasteiger partial charge < -0.3 is 10.1 Å². The highest BCUT2D eigenvalue weighted by atomic mass is 35.5. The number of amides is 1. The van der Waals surface area contributed by atoms with Gasteiger partial charge >= 0.3 is 0 Å². The zero-order valence-electron chi connectivity index (χ0n) is 15.9. The van der Waals surface area contributed by atoms with Gasteiger partial charge in [-0.25, -0.2) is 8.42 Å². The van der Waals surface area contributed by atoms with Crippen molar-refractivity contribution in [2.45, 2.75) is 11.8 Å². The molecule has 0 saturated carbocycles. The lowest BCUT2D eigenvalue weighted by Crippen LogP contribution is -2.20. The average molecular weight is 465 g/mol. The van der Waals surface area contributed by atoms with Crippen LogP contribution >= 0.6 is 23.2 Å². The van der Waals surface area contributed by atoms with E-state index in [-0.39, 0.29) is 23.1 Å². The van der Waals surface area contributed by atoms with Crippen LogP contribution in [0.15, 0.2) is 71.6 Å². The Labute approximate surface area is 184 Å². The number of hydrogen-bond donors (Lipinski definition) is 2. The number of rotatable bonds is 7. The molecule has 0 radical (unpaired) electrons. The molecule has 6 nitrogen and oxygen atoms in total. The van der Waals surface area contributed by atoms with E-state index < -0.39 is 10.0 Å². The molecule has 0 aromatic heterocycles. The van der Waals surface area contributed by atoms with Crippen LogP contribution in [0.25, 0.3) is 0 Å². The topological polar surface area (TPSA) is 84.5 Å². The van der Waals surface area contributed by atoms with Gasteiger partial charge in [0.15, 0.2) is 6.61 Å². The Balaban J connectivity index is 1.60. The van der Waals surface area contributed by atoms with Crippen LogP contribution in [-0.2, 0) is 14.8 Å². The highest BCUT2D eigenvalue weighted by molar-refractivity contribution is 7.92. The van der Waals surface area contributed by atoms with Gasteiger partial charge in [0.25, 0.3) is 15.9 Å². The Bertz CT molecular complexity index is 1150. The van der Waals surface area contributed by atoms with Crippen LogP contribution in [0.4, 0.5) is 11.4 Å². The Morgan fingerprint density at radius 2 is 1.60 bits per heavy atom. The van der Waals surface area contributed by atoms with Gasteiger partial charge in [-0.2, -0.15) is 0 Å². The van der Waals surface area contributed by atoms with Gasteiger partial charge in [-0.1, -0.05) is 35.3 Å². The standard InChI is InChI=1S/C21H18Cl2N2O4S/c1-14-3-2-4-17(9-14)24-21(26)13-29-19-5-7-20(8-6-19)30(27,28)25-18-11-15(22)10-16(23)12-18/h2-12,25H,13H2,1H3,(H,24,26). The van der Waals surface area contributed by atoms with Crippen LogP contribution in [0.1, 0.15) is 5.56 Å². The smallest absolute Gasteiger partial charge is 0.262 e. The van der Waals surface area contributed by atoms with Crippen LogP contribution in [0.3, 0.4) is 0 Å². The molecule has 0 aliphatic rings. The quantitative estimate of drug-likeness (QED) is 0.507. The van der Waals surface area contributed by atoms with E-state index in [0.29, 0.717) is 21.5 Å². The largest absolute Gasteiger partial charge is 0.484 e. The lowest BCUT2D eigenvalue weighted by atomic mass is 10.2. The number of halogens is 2. The van der Waals surface area contributed by atoms with Crippen molar-refractivity contribution < 1.29 is 17.9 Å². The molecular weight excluding hydrogens is 447 g/mol. The van der Waals surface area contributed by atoms with Crippen molar-refractivity contribution in [1.82, 2.24) is 0 Å². The summed E-state index contributed by atoms with van der Waals surface area (Å²) in [6.07, 6.45) is 0. The molecule has 1 amide bonds. The maximum Gasteiger partial charge on any atom is 0.262 e. The Morgan fingerprint density at radius 1 is 0.933 bits per heavy atom. The summed E-state index contributed by atoms with van der Waals surface area (Å²) >= 11 is 11.8. The molecule has 0 unspecified atom stereocenters. The van der Waals surface area contributed by atoms with Crippen LogP contribution in [0.2, 0.25) is 10.0 Å². The first-order valence-electron chi connectivity index (χ1n) is 8.79. The number of hydrogen-bond acceptors (Lipinski definition) is 4. The lowest BCUT2D eigenvalue weighted by molar-refractivity contribution is -0.118. The highest BCUT2D eigenvalue weighted by Gasteiger charge is 2.15. The van der Waals surface area contributed by atoms with E-state index in [9.17, 15) is 13.2 Å². The van der Waals surface area contributed by atoms with Gasteiger partial charge in [0.2, 0.25) is 0 Å². The van der Waals surface area contributed by atoms with Crippen molar-refractivity contribution in [3.05, 3.63) is 82.3 Å². The summed E-state index contributed by atoms with van der Waals surface area (Å²) in [5.41, 5.74) is 1.96. The maximum atomic E-state index is 12.5.